The molecule has 1 unspecified atom stereocenters. The molecule has 1 aromatic carbocycles. The van der Waals surface area contributed by atoms with E-state index in [1.165, 1.54) is 6.26 Å². The largest absolute Gasteiger partial charge is 0.497 e. The number of benzene rings is 1. The number of sulfone groups is 1. The van der Waals surface area contributed by atoms with Crippen LogP contribution in [0.5, 0.6) is 5.75 Å². The maximum atomic E-state index is 11.3. The van der Waals surface area contributed by atoms with E-state index in [1.54, 1.807) is 14.2 Å². The maximum absolute atomic E-state index is 11.3. The first-order valence-corrected chi connectivity index (χ1v) is 8.38. The molecular weight excluding hydrogens is 318 g/mol. The van der Waals surface area contributed by atoms with E-state index in [9.17, 15) is 8.42 Å². The molecule has 102 valence electrons. The van der Waals surface area contributed by atoms with Crippen LogP contribution in [0, 0.1) is 0 Å². The Bertz CT molecular complexity index is 502. The number of halogens is 1. The van der Waals surface area contributed by atoms with Crippen LogP contribution in [-0.2, 0) is 16.3 Å². The van der Waals surface area contributed by atoms with Gasteiger partial charge in [0, 0.05) is 16.8 Å². The minimum atomic E-state index is -2.99. The van der Waals surface area contributed by atoms with Gasteiger partial charge in [0.15, 0.2) is 0 Å². The van der Waals surface area contributed by atoms with Gasteiger partial charge < -0.3 is 10.1 Å². The summed E-state index contributed by atoms with van der Waals surface area (Å²) in [5.41, 5.74) is 1.03. The lowest BCUT2D eigenvalue weighted by Gasteiger charge is -2.16. The lowest BCUT2D eigenvalue weighted by atomic mass is 10.1. The fourth-order valence-electron chi connectivity index (χ4n) is 1.71. The molecule has 0 spiro atoms. The molecule has 1 aromatic rings. The predicted octanol–water partition coefficient (Wildman–Crippen LogP) is 1.63. The van der Waals surface area contributed by atoms with Gasteiger partial charge in [0.2, 0.25) is 0 Å². The predicted molar refractivity (Wildman–Crippen MR) is 77.0 cm³/mol. The smallest absolute Gasteiger partial charge is 0.148 e. The molecule has 0 amide bonds. The molecule has 0 aliphatic rings. The fourth-order valence-corrected chi connectivity index (χ4v) is 3.13. The molecule has 0 radical (unpaired) electrons. The highest BCUT2D eigenvalue weighted by molar-refractivity contribution is 9.10. The number of rotatable bonds is 6. The third kappa shape index (κ3) is 4.96. The van der Waals surface area contributed by atoms with Crippen LogP contribution in [0.2, 0.25) is 0 Å². The van der Waals surface area contributed by atoms with Crippen molar-refractivity contribution in [2.75, 3.05) is 26.2 Å². The van der Waals surface area contributed by atoms with Crippen LogP contribution in [0.15, 0.2) is 22.7 Å². The summed E-state index contributed by atoms with van der Waals surface area (Å²) in [7, 11) is 0.385. The van der Waals surface area contributed by atoms with Gasteiger partial charge in [-0.1, -0.05) is 15.9 Å². The summed E-state index contributed by atoms with van der Waals surface area (Å²) >= 11 is 3.46. The molecule has 0 saturated carbocycles. The van der Waals surface area contributed by atoms with Crippen LogP contribution in [0.25, 0.3) is 0 Å². The molecule has 0 aliphatic carbocycles. The van der Waals surface area contributed by atoms with E-state index in [4.69, 9.17) is 4.74 Å². The summed E-state index contributed by atoms with van der Waals surface area (Å²) < 4.78 is 28.8. The summed E-state index contributed by atoms with van der Waals surface area (Å²) in [5.74, 6) is 0.884. The average Bonchev–Trinajstić information content (AvgIpc) is 2.29. The molecule has 6 heteroatoms. The van der Waals surface area contributed by atoms with Crippen molar-refractivity contribution >= 4 is 25.8 Å². The van der Waals surface area contributed by atoms with Gasteiger partial charge in [0.25, 0.3) is 0 Å². The summed E-state index contributed by atoms with van der Waals surface area (Å²) in [6.07, 6.45) is 1.87. The number of methoxy groups -OCH3 is 1. The van der Waals surface area contributed by atoms with Gasteiger partial charge in [-0.15, -0.1) is 0 Å². The Morgan fingerprint density at radius 2 is 2.11 bits per heavy atom. The van der Waals surface area contributed by atoms with Gasteiger partial charge >= 0.3 is 0 Å². The molecule has 0 aromatic heterocycles. The van der Waals surface area contributed by atoms with Crippen LogP contribution in [-0.4, -0.2) is 40.6 Å². The zero-order valence-electron chi connectivity index (χ0n) is 10.7. The second kappa shape index (κ2) is 6.54. The number of nitrogens with one attached hydrogen (secondary N) is 1. The van der Waals surface area contributed by atoms with Crippen molar-refractivity contribution in [3.05, 3.63) is 28.2 Å². The zero-order chi connectivity index (χ0) is 13.8. The SMILES string of the molecule is CNC(Cc1cc(OC)ccc1Br)CS(C)(=O)=O. The molecule has 0 fully saturated rings. The highest BCUT2D eigenvalue weighted by Crippen LogP contribution is 2.23. The first-order chi connectivity index (χ1) is 8.35. The van der Waals surface area contributed by atoms with Crippen LogP contribution in [0.3, 0.4) is 0 Å². The van der Waals surface area contributed by atoms with E-state index in [1.807, 2.05) is 18.2 Å². The van der Waals surface area contributed by atoms with Crippen molar-refractivity contribution in [3.8, 4) is 5.75 Å². The van der Waals surface area contributed by atoms with Gasteiger partial charge in [0.1, 0.15) is 15.6 Å². The minimum absolute atomic E-state index is 0.108. The number of ether oxygens (including phenoxy) is 1. The van der Waals surface area contributed by atoms with Crippen molar-refractivity contribution in [1.82, 2.24) is 5.32 Å². The van der Waals surface area contributed by atoms with E-state index in [0.717, 1.165) is 15.8 Å². The van der Waals surface area contributed by atoms with Crippen LogP contribution < -0.4 is 10.1 Å². The van der Waals surface area contributed by atoms with E-state index in [-0.39, 0.29) is 11.8 Å². The molecule has 18 heavy (non-hydrogen) atoms. The lowest BCUT2D eigenvalue weighted by Crippen LogP contribution is -2.34. The summed E-state index contributed by atoms with van der Waals surface area (Å²) in [6, 6.07) is 5.57. The van der Waals surface area contributed by atoms with Gasteiger partial charge in [-0.2, -0.15) is 0 Å². The van der Waals surface area contributed by atoms with Crippen molar-refractivity contribution in [2.45, 2.75) is 12.5 Å². The van der Waals surface area contributed by atoms with Gasteiger partial charge in [-0.3, -0.25) is 0 Å². The molecule has 0 heterocycles. The Morgan fingerprint density at radius 1 is 1.44 bits per heavy atom. The zero-order valence-corrected chi connectivity index (χ0v) is 13.1. The number of likely N-dealkylation sites (N-methyl/N-ethyl adjacent to an activating group) is 1. The minimum Gasteiger partial charge on any atom is -0.497 e. The highest BCUT2D eigenvalue weighted by Gasteiger charge is 2.15. The van der Waals surface area contributed by atoms with Crippen molar-refractivity contribution < 1.29 is 13.2 Å². The normalized spacial score (nSPS) is 13.3. The number of hydrogen-bond donors (Lipinski definition) is 1. The van der Waals surface area contributed by atoms with Crippen molar-refractivity contribution in [2.24, 2.45) is 0 Å². The second-order valence-corrected chi connectivity index (χ2v) is 7.28. The quantitative estimate of drug-likeness (QED) is 0.858. The summed E-state index contributed by atoms with van der Waals surface area (Å²) in [4.78, 5) is 0. The summed E-state index contributed by atoms with van der Waals surface area (Å²) in [6.45, 7) is 0. The van der Waals surface area contributed by atoms with E-state index in [0.29, 0.717) is 6.42 Å². The molecule has 4 nitrogen and oxygen atoms in total. The molecule has 0 aliphatic heterocycles. The van der Waals surface area contributed by atoms with Gasteiger partial charge in [-0.25, -0.2) is 8.42 Å². The third-order valence-electron chi connectivity index (χ3n) is 2.63. The standard InChI is InChI=1S/C12H18BrNO3S/c1-14-10(8-18(3,15)16)6-9-7-11(17-2)4-5-12(9)13/h4-5,7,10,14H,6,8H2,1-3H3. The first kappa shape index (κ1) is 15.5. The Kier molecular flexibility index (Phi) is 5.62. The van der Waals surface area contributed by atoms with Crippen LogP contribution >= 0.6 is 15.9 Å². The number of hydrogen-bond acceptors (Lipinski definition) is 4. The molecule has 0 bridgehead atoms. The second-order valence-electron chi connectivity index (χ2n) is 4.24. The van der Waals surface area contributed by atoms with Crippen molar-refractivity contribution in [3.63, 3.8) is 0 Å². The lowest BCUT2D eigenvalue weighted by molar-refractivity contribution is 0.414. The van der Waals surface area contributed by atoms with E-state index < -0.39 is 9.84 Å². The maximum Gasteiger partial charge on any atom is 0.148 e. The Morgan fingerprint density at radius 3 is 2.61 bits per heavy atom. The first-order valence-electron chi connectivity index (χ1n) is 5.53. The molecule has 1 N–H and O–H groups in total. The molecule has 1 rings (SSSR count). The highest BCUT2D eigenvalue weighted by atomic mass is 79.9. The van der Waals surface area contributed by atoms with Crippen LogP contribution in [0.4, 0.5) is 0 Å². The van der Waals surface area contributed by atoms with Crippen molar-refractivity contribution in [1.29, 1.82) is 0 Å². The molecule has 0 saturated heterocycles. The Labute approximate surface area is 117 Å². The molecule has 1 atom stereocenters. The Hall–Kier alpha value is -0.590. The Balaban J connectivity index is 2.87. The topological polar surface area (TPSA) is 55.4 Å². The van der Waals surface area contributed by atoms with Gasteiger partial charge in [-0.05, 0) is 37.2 Å². The third-order valence-corrected chi connectivity index (χ3v) is 4.41. The average molecular weight is 336 g/mol. The van der Waals surface area contributed by atoms with Crippen LogP contribution in [0.1, 0.15) is 5.56 Å². The van der Waals surface area contributed by atoms with E-state index >= 15 is 0 Å². The van der Waals surface area contributed by atoms with Gasteiger partial charge in [0.05, 0.1) is 12.9 Å². The monoisotopic (exact) mass is 335 g/mol. The summed E-state index contributed by atoms with van der Waals surface area (Å²) in [5, 5.41) is 3.03. The van der Waals surface area contributed by atoms with E-state index in [2.05, 4.69) is 21.2 Å². The molecular formula is C12H18BrNO3S. The fraction of sp³-hybridized carbons (Fsp3) is 0.500.